The molecule has 0 spiro atoms. The largest absolute Gasteiger partial charge is 0.353 e. The molecule has 106 valence electrons. The quantitative estimate of drug-likeness (QED) is 0.782. The summed E-state index contributed by atoms with van der Waals surface area (Å²) in [4.78, 5) is 25.7. The van der Waals surface area contributed by atoms with Crippen LogP contribution in [0.2, 0.25) is 0 Å². The van der Waals surface area contributed by atoms with Crippen LogP contribution in [0.1, 0.15) is 28.8 Å². The molecule has 0 unspecified atom stereocenters. The van der Waals surface area contributed by atoms with Gasteiger partial charge in [-0.25, -0.2) is 0 Å². The van der Waals surface area contributed by atoms with Crippen LogP contribution in [-0.2, 0) is 20.7 Å². The summed E-state index contributed by atoms with van der Waals surface area (Å²) in [7, 11) is 0. The van der Waals surface area contributed by atoms with Gasteiger partial charge in [-0.3, -0.25) is 14.5 Å². The maximum absolute atomic E-state index is 12.3. The third-order valence-corrected chi connectivity index (χ3v) is 3.62. The average Bonchev–Trinajstić information content (AvgIpc) is 2.48. The predicted molar refractivity (Wildman–Crippen MR) is 71.1 cm³/mol. The lowest BCUT2D eigenvalue weighted by Crippen LogP contribution is -2.44. The Morgan fingerprint density at radius 2 is 1.90 bits per heavy atom. The van der Waals surface area contributed by atoms with Crippen LogP contribution >= 0.6 is 0 Å². The maximum Gasteiger partial charge on any atom is 0.260 e. The molecule has 2 aliphatic heterocycles. The Labute approximate surface area is 117 Å². The lowest BCUT2D eigenvalue weighted by molar-refractivity contribution is -0.182. The van der Waals surface area contributed by atoms with Gasteiger partial charge in [0.2, 0.25) is 5.91 Å². The number of fused-ring (bicyclic) bond motifs is 1. The van der Waals surface area contributed by atoms with Gasteiger partial charge in [-0.15, -0.1) is 0 Å². The van der Waals surface area contributed by atoms with Crippen LogP contribution in [0.25, 0.3) is 0 Å². The molecule has 2 heterocycles. The number of carbonyl (C=O) groups is 2. The fourth-order valence-electron chi connectivity index (χ4n) is 2.56. The first-order valence-electron chi connectivity index (χ1n) is 6.91. The highest BCUT2D eigenvalue weighted by atomic mass is 16.7. The minimum Gasteiger partial charge on any atom is -0.353 e. The van der Waals surface area contributed by atoms with Crippen molar-refractivity contribution in [2.45, 2.75) is 25.6 Å². The number of carbonyl (C=O) groups excluding carboxylic acids is 2. The van der Waals surface area contributed by atoms with Gasteiger partial charge < -0.3 is 9.47 Å². The second-order valence-electron chi connectivity index (χ2n) is 5.00. The van der Waals surface area contributed by atoms with E-state index in [1.807, 2.05) is 18.2 Å². The third kappa shape index (κ3) is 2.59. The van der Waals surface area contributed by atoms with Crippen molar-refractivity contribution in [2.24, 2.45) is 0 Å². The molecule has 0 atom stereocenters. The van der Waals surface area contributed by atoms with E-state index >= 15 is 0 Å². The highest BCUT2D eigenvalue weighted by molar-refractivity contribution is 6.09. The first-order chi connectivity index (χ1) is 9.75. The minimum atomic E-state index is -0.304. The van der Waals surface area contributed by atoms with E-state index < -0.39 is 0 Å². The fraction of sp³-hybridized carbons (Fsp3) is 0.467. The Morgan fingerprint density at radius 3 is 2.70 bits per heavy atom. The molecule has 0 radical (unpaired) electrons. The summed E-state index contributed by atoms with van der Waals surface area (Å²) in [5, 5.41) is 0. The van der Waals surface area contributed by atoms with Gasteiger partial charge in [0.15, 0.2) is 6.29 Å². The Morgan fingerprint density at radius 1 is 1.15 bits per heavy atom. The summed E-state index contributed by atoms with van der Waals surface area (Å²) in [6.07, 6.45) is 1.40. The van der Waals surface area contributed by atoms with Crippen molar-refractivity contribution in [3.63, 3.8) is 0 Å². The fourth-order valence-corrected chi connectivity index (χ4v) is 2.56. The zero-order chi connectivity index (χ0) is 13.9. The van der Waals surface area contributed by atoms with Crippen molar-refractivity contribution in [1.82, 2.24) is 4.90 Å². The van der Waals surface area contributed by atoms with E-state index in [0.717, 1.165) is 12.0 Å². The maximum atomic E-state index is 12.3. The monoisotopic (exact) mass is 275 g/mol. The lowest BCUT2D eigenvalue weighted by Gasteiger charge is -2.29. The van der Waals surface area contributed by atoms with Crippen LogP contribution in [0, 0.1) is 0 Å². The molecule has 0 aromatic heterocycles. The molecule has 3 rings (SSSR count). The summed E-state index contributed by atoms with van der Waals surface area (Å²) < 4.78 is 10.9. The van der Waals surface area contributed by atoms with Crippen LogP contribution in [0.5, 0.6) is 0 Å². The minimum absolute atomic E-state index is 0.149. The number of hydrogen-bond acceptors (Lipinski definition) is 4. The Hall–Kier alpha value is -1.72. The van der Waals surface area contributed by atoms with Crippen molar-refractivity contribution in [2.75, 3.05) is 19.8 Å². The van der Waals surface area contributed by atoms with Crippen LogP contribution in [0.15, 0.2) is 24.3 Å². The molecule has 1 fully saturated rings. The van der Waals surface area contributed by atoms with E-state index in [1.165, 1.54) is 4.90 Å². The van der Waals surface area contributed by atoms with Gasteiger partial charge >= 0.3 is 0 Å². The van der Waals surface area contributed by atoms with Crippen LogP contribution < -0.4 is 0 Å². The van der Waals surface area contributed by atoms with Gasteiger partial charge in [-0.05, 0) is 18.1 Å². The zero-order valence-corrected chi connectivity index (χ0v) is 11.2. The molecule has 0 saturated carbocycles. The van der Waals surface area contributed by atoms with Crippen molar-refractivity contribution in [3.05, 3.63) is 35.4 Å². The molecule has 1 aromatic rings. The van der Waals surface area contributed by atoms with Crippen molar-refractivity contribution < 1.29 is 19.1 Å². The Balaban J connectivity index is 1.67. The van der Waals surface area contributed by atoms with Crippen LogP contribution in [0.3, 0.4) is 0 Å². The molecule has 1 aromatic carbocycles. The molecule has 20 heavy (non-hydrogen) atoms. The molecule has 2 aliphatic rings. The number of rotatable bonds is 3. The number of nitrogens with zero attached hydrogens (tertiary/aromatic N) is 1. The zero-order valence-electron chi connectivity index (χ0n) is 11.2. The number of imide groups is 1. The molecule has 0 bridgehead atoms. The molecule has 0 aliphatic carbocycles. The van der Waals surface area contributed by atoms with Crippen LogP contribution in [-0.4, -0.2) is 42.8 Å². The molecule has 2 amide bonds. The van der Waals surface area contributed by atoms with E-state index in [-0.39, 0.29) is 24.5 Å². The second-order valence-corrected chi connectivity index (χ2v) is 5.00. The first kappa shape index (κ1) is 13.3. The van der Waals surface area contributed by atoms with Gasteiger partial charge in [0.1, 0.15) is 0 Å². The molecule has 5 nitrogen and oxygen atoms in total. The number of ether oxygens (including phenoxy) is 2. The standard InChI is InChI=1S/C15H17NO4/c17-13-10-11-4-1-2-5-12(11)15(18)16(13)7-6-14-19-8-3-9-20-14/h1-2,4-5,14H,3,6-10H2. The molecule has 1 saturated heterocycles. The van der Waals surface area contributed by atoms with Crippen molar-refractivity contribution in [1.29, 1.82) is 0 Å². The van der Waals surface area contributed by atoms with E-state index in [1.54, 1.807) is 6.07 Å². The number of hydrogen-bond donors (Lipinski definition) is 0. The summed E-state index contributed by atoms with van der Waals surface area (Å²) in [5.41, 5.74) is 1.43. The smallest absolute Gasteiger partial charge is 0.260 e. The van der Waals surface area contributed by atoms with Gasteiger partial charge in [-0.1, -0.05) is 18.2 Å². The highest BCUT2D eigenvalue weighted by Gasteiger charge is 2.31. The second kappa shape index (κ2) is 5.73. The third-order valence-electron chi connectivity index (χ3n) is 3.62. The topological polar surface area (TPSA) is 55.8 Å². The van der Waals surface area contributed by atoms with Gasteiger partial charge in [0.05, 0.1) is 19.6 Å². The normalized spacial score (nSPS) is 20.1. The van der Waals surface area contributed by atoms with E-state index in [2.05, 4.69) is 0 Å². The molecule has 5 heteroatoms. The molecular formula is C15H17NO4. The van der Waals surface area contributed by atoms with E-state index in [0.29, 0.717) is 31.7 Å². The molecular weight excluding hydrogens is 258 g/mol. The average molecular weight is 275 g/mol. The Bertz CT molecular complexity index is 522. The Kier molecular flexibility index (Phi) is 3.80. The predicted octanol–water partition coefficient (Wildman–Crippen LogP) is 1.36. The summed E-state index contributed by atoms with van der Waals surface area (Å²) >= 11 is 0. The lowest BCUT2D eigenvalue weighted by atomic mass is 9.98. The summed E-state index contributed by atoms with van der Waals surface area (Å²) in [6, 6.07) is 7.26. The van der Waals surface area contributed by atoms with Crippen molar-refractivity contribution >= 4 is 11.8 Å². The number of amides is 2. The van der Waals surface area contributed by atoms with Gasteiger partial charge in [0.25, 0.3) is 5.91 Å². The van der Waals surface area contributed by atoms with Crippen molar-refractivity contribution in [3.8, 4) is 0 Å². The highest BCUT2D eigenvalue weighted by Crippen LogP contribution is 2.20. The van der Waals surface area contributed by atoms with E-state index in [4.69, 9.17) is 9.47 Å². The summed E-state index contributed by atoms with van der Waals surface area (Å²) in [5.74, 6) is -0.364. The SMILES string of the molecule is O=C1Cc2ccccc2C(=O)N1CCC1OCCCO1. The number of benzene rings is 1. The van der Waals surface area contributed by atoms with Gasteiger partial charge in [0, 0.05) is 18.5 Å². The molecule has 0 N–H and O–H groups in total. The summed E-state index contributed by atoms with van der Waals surface area (Å²) in [6.45, 7) is 1.70. The van der Waals surface area contributed by atoms with Crippen LogP contribution in [0.4, 0.5) is 0 Å². The van der Waals surface area contributed by atoms with Gasteiger partial charge in [-0.2, -0.15) is 0 Å². The van der Waals surface area contributed by atoms with E-state index in [9.17, 15) is 9.59 Å². The first-order valence-corrected chi connectivity index (χ1v) is 6.91.